The molecule has 0 aliphatic heterocycles. The lowest BCUT2D eigenvalue weighted by atomic mass is 10.4. The van der Waals surface area contributed by atoms with Crippen molar-refractivity contribution in [3.05, 3.63) is 17.4 Å². The van der Waals surface area contributed by atoms with Crippen molar-refractivity contribution >= 4 is 5.97 Å². The van der Waals surface area contributed by atoms with Crippen LogP contribution in [-0.2, 0) is 9.53 Å². The highest BCUT2D eigenvalue weighted by Crippen LogP contribution is 2.03. The van der Waals surface area contributed by atoms with Gasteiger partial charge in [0.25, 0.3) is 0 Å². The van der Waals surface area contributed by atoms with E-state index < -0.39 is 5.97 Å². The summed E-state index contributed by atoms with van der Waals surface area (Å²) >= 11 is 0. The molecule has 82 valence electrons. The summed E-state index contributed by atoms with van der Waals surface area (Å²) in [6.07, 6.45) is 0. The zero-order chi connectivity index (χ0) is 11.2. The van der Waals surface area contributed by atoms with E-state index in [1.807, 2.05) is 13.8 Å². The van der Waals surface area contributed by atoms with Crippen LogP contribution in [0.5, 0.6) is 0 Å². The highest BCUT2D eigenvalue weighted by atomic mass is 16.6. The van der Waals surface area contributed by atoms with Gasteiger partial charge in [-0.05, 0) is 20.8 Å². The lowest BCUT2D eigenvalue weighted by Gasteiger charge is -2.40. The largest absolute Gasteiger partial charge is 0.633 e. The monoisotopic (exact) mass is 201 g/mol. The number of carbonyl (C=O) groups excluding carboxylic acids is 1. The Labute approximate surface area is 85.3 Å². The van der Waals surface area contributed by atoms with Crippen LogP contribution in [0.2, 0.25) is 0 Å². The first-order valence-corrected chi connectivity index (χ1v) is 4.85. The number of hydroxylamine groups is 3. The van der Waals surface area contributed by atoms with Crippen molar-refractivity contribution in [2.45, 2.75) is 20.8 Å². The van der Waals surface area contributed by atoms with Gasteiger partial charge in [-0.25, -0.2) is 4.79 Å². The second-order valence-electron chi connectivity index (χ2n) is 3.33. The summed E-state index contributed by atoms with van der Waals surface area (Å²) in [6.45, 7) is 10.2. The average molecular weight is 201 g/mol. The van der Waals surface area contributed by atoms with Crippen molar-refractivity contribution < 1.29 is 14.2 Å². The Morgan fingerprint density at radius 2 is 1.93 bits per heavy atom. The number of carbonyl (C=O) groups is 1. The maximum atomic E-state index is 11.7. The van der Waals surface area contributed by atoms with Gasteiger partial charge in [0, 0.05) is 5.57 Å². The molecule has 0 heterocycles. The molecule has 0 aromatic carbocycles. The zero-order valence-corrected chi connectivity index (χ0v) is 9.21. The highest BCUT2D eigenvalue weighted by Gasteiger charge is 2.12. The van der Waals surface area contributed by atoms with E-state index in [-0.39, 0.29) is 11.3 Å². The molecule has 0 atom stereocenters. The summed E-state index contributed by atoms with van der Waals surface area (Å²) in [4.78, 5) is 11.0. The molecule has 0 rings (SSSR count). The number of hydrogen-bond donors (Lipinski definition) is 0. The predicted octanol–water partition coefficient (Wildman–Crippen LogP) is 1.46. The number of likely N-dealkylation sites (N-methyl/N-ethyl adjacent to an activating group) is 1. The second kappa shape index (κ2) is 5.78. The van der Waals surface area contributed by atoms with Crippen LogP contribution in [0, 0.1) is 5.21 Å². The molecule has 0 aliphatic carbocycles. The highest BCUT2D eigenvalue weighted by molar-refractivity contribution is 5.86. The van der Waals surface area contributed by atoms with E-state index >= 15 is 0 Å². The molecule has 0 amide bonds. The summed E-state index contributed by atoms with van der Waals surface area (Å²) in [5.41, 5.74) is 0.363. The van der Waals surface area contributed by atoms with Crippen molar-refractivity contribution in [2.24, 2.45) is 0 Å². The van der Waals surface area contributed by atoms with Crippen LogP contribution < -0.4 is 0 Å². The number of quaternary nitrogens is 1. The minimum absolute atomic E-state index is 0.164. The van der Waals surface area contributed by atoms with Crippen molar-refractivity contribution in [3.63, 3.8) is 0 Å². The Balaban J connectivity index is 3.83. The van der Waals surface area contributed by atoms with E-state index in [4.69, 9.17) is 4.74 Å². The number of rotatable bonds is 6. The summed E-state index contributed by atoms with van der Waals surface area (Å²) in [5, 5.41) is 11.7. The molecular formula is C10H19NO3. The fourth-order valence-electron chi connectivity index (χ4n) is 0.968. The molecular weight excluding hydrogens is 182 g/mol. The molecule has 0 fully saturated rings. The van der Waals surface area contributed by atoms with Crippen molar-refractivity contribution in [1.82, 2.24) is 0 Å². The fourth-order valence-corrected chi connectivity index (χ4v) is 0.968. The Kier molecular flexibility index (Phi) is 5.42. The van der Waals surface area contributed by atoms with E-state index in [0.29, 0.717) is 25.2 Å². The van der Waals surface area contributed by atoms with Crippen molar-refractivity contribution in [1.29, 1.82) is 0 Å². The van der Waals surface area contributed by atoms with E-state index in [2.05, 4.69) is 6.58 Å². The summed E-state index contributed by atoms with van der Waals surface area (Å²) < 4.78 is 4.53. The zero-order valence-electron chi connectivity index (χ0n) is 9.21. The third-order valence-electron chi connectivity index (χ3n) is 2.23. The van der Waals surface area contributed by atoms with Crippen molar-refractivity contribution in [3.8, 4) is 0 Å². The molecule has 14 heavy (non-hydrogen) atoms. The first kappa shape index (κ1) is 13.1. The molecule has 4 nitrogen and oxygen atoms in total. The molecule has 0 aromatic heterocycles. The van der Waals surface area contributed by atoms with Crippen molar-refractivity contribution in [2.75, 3.05) is 26.2 Å². The lowest BCUT2D eigenvalue weighted by molar-refractivity contribution is -0.877. The van der Waals surface area contributed by atoms with Crippen LogP contribution in [0.15, 0.2) is 12.2 Å². The van der Waals surface area contributed by atoms with Gasteiger partial charge in [0.1, 0.15) is 13.2 Å². The van der Waals surface area contributed by atoms with Gasteiger partial charge in [-0.3, -0.25) is 0 Å². The van der Waals surface area contributed by atoms with E-state index in [0.717, 1.165) is 0 Å². The predicted molar refractivity (Wildman–Crippen MR) is 55.3 cm³/mol. The quantitative estimate of drug-likeness (QED) is 0.283. The summed E-state index contributed by atoms with van der Waals surface area (Å²) in [5.74, 6) is -0.427. The molecule has 4 heteroatoms. The smallest absolute Gasteiger partial charge is 0.333 e. The van der Waals surface area contributed by atoms with E-state index in [1.165, 1.54) is 0 Å². The van der Waals surface area contributed by atoms with Gasteiger partial charge in [-0.1, -0.05) is 6.58 Å². The Morgan fingerprint density at radius 3 is 2.29 bits per heavy atom. The van der Waals surface area contributed by atoms with Gasteiger partial charge >= 0.3 is 5.97 Å². The first-order chi connectivity index (χ1) is 6.45. The third kappa shape index (κ3) is 4.39. The van der Waals surface area contributed by atoms with Gasteiger partial charge in [0.2, 0.25) is 0 Å². The van der Waals surface area contributed by atoms with Crippen LogP contribution >= 0.6 is 0 Å². The number of hydrogen-bond acceptors (Lipinski definition) is 3. The molecule has 0 N–H and O–H groups in total. The van der Waals surface area contributed by atoms with Gasteiger partial charge in [0.05, 0.1) is 13.1 Å². The van der Waals surface area contributed by atoms with Crippen LogP contribution in [0.3, 0.4) is 0 Å². The third-order valence-corrected chi connectivity index (χ3v) is 2.23. The van der Waals surface area contributed by atoms with E-state index in [1.54, 1.807) is 6.92 Å². The van der Waals surface area contributed by atoms with E-state index in [9.17, 15) is 10.0 Å². The summed E-state index contributed by atoms with van der Waals surface area (Å²) in [6, 6.07) is 0. The Morgan fingerprint density at radius 1 is 1.43 bits per heavy atom. The second-order valence-corrected chi connectivity index (χ2v) is 3.33. The molecule has 0 aromatic rings. The molecule has 0 bridgehead atoms. The maximum Gasteiger partial charge on any atom is 0.333 e. The van der Waals surface area contributed by atoms with Gasteiger partial charge in [0.15, 0.2) is 0 Å². The molecule has 0 saturated carbocycles. The number of nitrogens with zero attached hydrogens (tertiary/aromatic N) is 1. The number of esters is 1. The van der Waals surface area contributed by atoms with Gasteiger partial charge in [-0.2, -0.15) is 0 Å². The topological polar surface area (TPSA) is 49.4 Å². The van der Waals surface area contributed by atoms with Crippen LogP contribution in [0.4, 0.5) is 0 Å². The minimum atomic E-state index is -0.427. The Hall–Kier alpha value is -0.870. The maximum absolute atomic E-state index is 11.7. The van der Waals surface area contributed by atoms with Crippen LogP contribution in [0.25, 0.3) is 0 Å². The van der Waals surface area contributed by atoms with Gasteiger partial charge < -0.3 is 14.6 Å². The lowest BCUT2D eigenvalue weighted by Crippen LogP contribution is -2.44. The molecule has 0 unspecified atom stereocenters. The molecule has 0 spiro atoms. The molecule has 0 saturated heterocycles. The Bertz CT molecular complexity index is 209. The SMILES string of the molecule is C=C(C)C(=O)OCC[N+]([O-])(CC)CC. The first-order valence-electron chi connectivity index (χ1n) is 4.85. The molecule has 0 aliphatic rings. The normalized spacial score (nSPS) is 11.1. The van der Waals surface area contributed by atoms with Gasteiger partial charge in [-0.15, -0.1) is 0 Å². The number of ether oxygens (including phenoxy) is 1. The average Bonchev–Trinajstić information content (AvgIpc) is 2.17. The standard InChI is InChI=1S/C10H19NO3/c1-5-11(13,6-2)7-8-14-10(12)9(3)4/h3,5-8H2,1-2,4H3. The fraction of sp³-hybridized carbons (Fsp3) is 0.700. The van der Waals surface area contributed by atoms with Crippen LogP contribution in [0.1, 0.15) is 20.8 Å². The van der Waals surface area contributed by atoms with Crippen LogP contribution in [-0.4, -0.2) is 36.9 Å². The molecule has 0 radical (unpaired) electrons. The summed E-state index contributed by atoms with van der Waals surface area (Å²) in [7, 11) is 0. The minimum Gasteiger partial charge on any atom is -0.633 e.